The Labute approximate surface area is 173 Å². The molecule has 0 saturated carbocycles. The number of allylic oxidation sites excluding steroid dienone is 1. The SMILES string of the molecule is Cc1ccc(C(=O)Oc2ccc(C(=O)/C=C/c3ccc(Cl)cc3Cl)cc2)cc1. The zero-order chi connectivity index (χ0) is 20.1. The summed E-state index contributed by atoms with van der Waals surface area (Å²) in [5, 5.41) is 0.999. The Hall–Kier alpha value is -2.88. The summed E-state index contributed by atoms with van der Waals surface area (Å²) in [5.41, 5.74) is 2.69. The minimum atomic E-state index is -0.448. The van der Waals surface area contributed by atoms with Crippen molar-refractivity contribution < 1.29 is 14.3 Å². The summed E-state index contributed by atoms with van der Waals surface area (Å²) in [5.74, 6) is -0.273. The number of benzene rings is 3. The number of ketones is 1. The highest BCUT2D eigenvalue weighted by molar-refractivity contribution is 6.35. The van der Waals surface area contributed by atoms with Crippen molar-refractivity contribution in [2.45, 2.75) is 6.92 Å². The molecule has 0 aliphatic rings. The number of carbonyl (C=O) groups excluding carboxylic acids is 2. The molecule has 0 saturated heterocycles. The molecule has 3 rings (SSSR count). The van der Waals surface area contributed by atoms with Crippen molar-refractivity contribution in [2.24, 2.45) is 0 Å². The first kappa shape index (κ1) is 19.9. The lowest BCUT2D eigenvalue weighted by atomic mass is 10.1. The first-order valence-corrected chi connectivity index (χ1v) is 9.24. The average molecular weight is 411 g/mol. The summed E-state index contributed by atoms with van der Waals surface area (Å²) in [6.45, 7) is 1.94. The van der Waals surface area contributed by atoms with Gasteiger partial charge in [0.05, 0.1) is 5.56 Å². The third-order valence-corrected chi connectivity index (χ3v) is 4.58. The summed E-state index contributed by atoms with van der Waals surface area (Å²) in [6, 6.07) is 18.5. The fourth-order valence-electron chi connectivity index (χ4n) is 2.44. The molecule has 0 heterocycles. The standard InChI is InChI=1S/C23H16Cl2O3/c1-15-2-4-18(5-3-15)23(27)28-20-11-7-17(8-12-20)22(26)13-9-16-6-10-19(24)14-21(16)25/h2-14H,1H3/b13-9+. The van der Waals surface area contributed by atoms with Crippen molar-refractivity contribution in [3.8, 4) is 5.75 Å². The molecular formula is C23H16Cl2O3. The minimum Gasteiger partial charge on any atom is -0.423 e. The van der Waals surface area contributed by atoms with Crippen LogP contribution in [0.2, 0.25) is 10.0 Å². The first-order chi connectivity index (χ1) is 13.4. The Kier molecular flexibility index (Phi) is 6.30. The van der Waals surface area contributed by atoms with E-state index in [9.17, 15) is 9.59 Å². The summed E-state index contributed by atoms with van der Waals surface area (Å²) >= 11 is 12.0. The van der Waals surface area contributed by atoms with Crippen LogP contribution in [0.4, 0.5) is 0 Å². The Bertz CT molecular complexity index is 1040. The van der Waals surface area contributed by atoms with Gasteiger partial charge in [-0.15, -0.1) is 0 Å². The molecule has 0 spiro atoms. The molecule has 0 aliphatic carbocycles. The van der Waals surface area contributed by atoms with E-state index >= 15 is 0 Å². The molecule has 0 bridgehead atoms. The zero-order valence-electron chi connectivity index (χ0n) is 15.0. The number of hydrogen-bond acceptors (Lipinski definition) is 3. The summed E-state index contributed by atoms with van der Waals surface area (Å²) in [4.78, 5) is 24.5. The number of esters is 1. The molecular weight excluding hydrogens is 395 g/mol. The van der Waals surface area contributed by atoms with Gasteiger partial charge in [-0.2, -0.15) is 0 Å². The van der Waals surface area contributed by atoms with E-state index in [1.54, 1.807) is 60.7 Å². The van der Waals surface area contributed by atoms with Gasteiger partial charge in [-0.3, -0.25) is 4.79 Å². The molecule has 3 nitrogen and oxygen atoms in total. The van der Waals surface area contributed by atoms with Crippen molar-refractivity contribution in [1.29, 1.82) is 0 Å². The Morgan fingerprint density at radius 3 is 2.14 bits per heavy atom. The average Bonchev–Trinajstić information content (AvgIpc) is 2.68. The van der Waals surface area contributed by atoms with Crippen LogP contribution in [0.1, 0.15) is 31.8 Å². The second-order valence-corrected chi connectivity index (χ2v) is 6.99. The summed E-state index contributed by atoms with van der Waals surface area (Å²) in [7, 11) is 0. The topological polar surface area (TPSA) is 43.4 Å². The van der Waals surface area contributed by atoms with Crippen molar-refractivity contribution in [3.05, 3.63) is 105 Å². The normalized spacial score (nSPS) is 10.8. The molecule has 0 amide bonds. The Morgan fingerprint density at radius 2 is 1.50 bits per heavy atom. The minimum absolute atomic E-state index is 0.192. The zero-order valence-corrected chi connectivity index (χ0v) is 16.5. The monoisotopic (exact) mass is 410 g/mol. The molecule has 0 aromatic heterocycles. The van der Waals surface area contributed by atoms with E-state index in [1.807, 2.05) is 19.1 Å². The van der Waals surface area contributed by atoms with E-state index in [0.717, 1.165) is 5.56 Å². The molecule has 3 aromatic carbocycles. The van der Waals surface area contributed by atoms with Crippen molar-refractivity contribution >= 4 is 41.0 Å². The Balaban J connectivity index is 1.66. The van der Waals surface area contributed by atoms with E-state index in [-0.39, 0.29) is 5.78 Å². The molecule has 0 fully saturated rings. The van der Waals surface area contributed by atoms with Crippen LogP contribution in [-0.2, 0) is 0 Å². The second-order valence-electron chi connectivity index (χ2n) is 6.14. The third-order valence-electron chi connectivity index (χ3n) is 4.01. The molecule has 0 aliphatic heterocycles. The van der Waals surface area contributed by atoms with Crippen LogP contribution < -0.4 is 4.74 Å². The lowest BCUT2D eigenvalue weighted by Gasteiger charge is -2.05. The van der Waals surface area contributed by atoms with Crippen molar-refractivity contribution in [1.82, 2.24) is 0 Å². The smallest absolute Gasteiger partial charge is 0.343 e. The summed E-state index contributed by atoms with van der Waals surface area (Å²) < 4.78 is 5.33. The van der Waals surface area contributed by atoms with Gasteiger partial charge in [-0.1, -0.05) is 47.0 Å². The van der Waals surface area contributed by atoms with Gasteiger partial charge < -0.3 is 4.74 Å². The lowest BCUT2D eigenvalue weighted by molar-refractivity contribution is 0.0734. The quantitative estimate of drug-likeness (QED) is 0.211. The maximum Gasteiger partial charge on any atom is 0.343 e. The largest absolute Gasteiger partial charge is 0.423 e. The molecule has 0 atom stereocenters. The predicted molar refractivity (Wildman–Crippen MR) is 112 cm³/mol. The van der Waals surface area contributed by atoms with E-state index in [2.05, 4.69) is 0 Å². The number of carbonyl (C=O) groups is 2. The molecule has 5 heteroatoms. The maximum atomic E-state index is 12.3. The van der Waals surface area contributed by atoms with Gasteiger partial charge in [-0.05, 0) is 73.2 Å². The van der Waals surface area contributed by atoms with Gasteiger partial charge in [0.25, 0.3) is 0 Å². The first-order valence-electron chi connectivity index (χ1n) is 8.49. The highest BCUT2D eigenvalue weighted by Crippen LogP contribution is 2.22. The number of hydrogen-bond donors (Lipinski definition) is 0. The maximum absolute atomic E-state index is 12.3. The molecule has 3 aromatic rings. The number of ether oxygens (including phenoxy) is 1. The number of halogens is 2. The molecule has 0 unspecified atom stereocenters. The number of rotatable bonds is 5. The van der Waals surface area contributed by atoms with Gasteiger partial charge in [0.15, 0.2) is 5.78 Å². The van der Waals surface area contributed by atoms with Gasteiger partial charge in [-0.25, -0.2) is 4.79 Å². The number of aryl methyl sites for hydroxylation is 1. The van der Waals surface area contributed by atoms with E-state index in [0.29, 0.717) is 32.5 Å². The van der Waals surface area contributed by atoms with Crippen molar-refractivity contribution in [2.75, 3.05) is 0 Å². The molecule has 28 heavy (non-hydrogen) atoms. The van der Waals surface area contributed by atoms with E-state index < -0.39 is 5.97 Å². The van der Waals surface area contributed by atoms with Crippen LogP contribution in [0, 0.1) is 6.92 Å². The molecule has 0 radical (unpaired) electrons. The Morgan fingerprint density at radius 1 is 0.857 bits per heavy atom. The molecule has 0 N–H and O–H groups in total. The summed E-state index contributed by atoms with van der Waals surface area (Å²) in [6.07, 6.45) is 3.06. The van der Waals surface area contributed by atoms with Gasteiger partial charge in [0.2, 0.25) is 0 Å². The van der Waals surface area contributed by atoms with Gasteiger partial charge in [0, 0.05) is 15.6 Å². The fourth-order valence-corrected chi connectivity index (χ4v) is 2.91. The van der Waals surface area contributed by atoms with Crippen LogP contribution in [0.5, 0.6) is 5.75 Å². The van der Waals surface area contributed by atoms with Crippen LogP contribution in [0.3, 0.4) is 0 Å². The second kappa shape index (κ2) is 8.87. The highest BCUT2D eigenvalue weighted by Gasteiger charge is 2.09. The predicted octanol–water partition coefficient (Wildman–Crippen LogP) is 6.42. The van der Waals surface area contributed by atoms with Crippen LogP contribution >= 0.6 is 23.2 Å². The van der Waals surface area contributed by atoms with E-state index in [1.165, 1.54) is 6.08 Å². The molecule has 140 valence electrons. The van der Waals surface area contributed by atoms with Gasteiger partial charge >= 0.3 is 5.97 Å². The third kappa shape index (κ3) is 5.10. The highest BCUT2D eigenvalue weighted by atomic mass is 35.5. The van der Waals surface area contributed by atoms with Crippen LogP contribution in [0.25, 0.3) is 6.08 Å². The fraction of sp³-hybridized carbons (Fsp3) is 0.0435. The van der Waals surface area contributed by atoms with Gasteiger partial charge in [0.1, 0.15) is 5.75 Å². The van der Waals surface area contributed by atoms with Crippen molar-refractivity contribution in [3.63, 3.8) is 0 Å². The van der Waals surface area contributed by atoms with Crippen LogP contribution in [-0.4, -0.2) is 11.8 Å². The lowest BCUT2D eigenvalue weighted by Crippen LogP contribution is -2.08. The van der Waals surface area contributed by atoms with Crippen LogP contribution in [0.15, 0.2) is 72.8 Å². The van der Waals surface area contributed by atoms with E-state index in [4.69, 9.17) is 27.9 Å².